The van der Waals surface area contributed by atoms with Crippen LogP contribution in [0.4, 0.5) is 0 Å². The van der Waals surface area contributed by atoms with Crippen molar-refractivity contribution < 1.29 is 4.79 Å². The van der Waals surface area contributed by atoms with Crippen molar-refractivity contribution in [2.24, 2.45) is 5.73 Å². The van der Waals surface area contributed by atoms with Crippen LogP contribution >= 0.6 is 11.3 Å². The highest BCUT2D eigenvalue weighted by atomic mass is 32.1. The Morgan fingerprint density at radius 1 is 1.90 bits per heavy atom. The van der Waals surface area contributed by atoms with Gasteiger partial charge in [0.15, 0.2) is 0 Å². The van der Waals surface area contributed by atoms with Crippen molar-refractivity contribution >= 4 is 17.2 Å². The number of thiazole rings is 1. The number of aryl methyl sites for hydroxylation is 1. The summed E-state index contributed by atoms with van der Waals surface area (Å²) in [5, 5.41) is 2.63. The van der Waals surface area contributed by atoms with Gasteiger partial charge in [0.1, 0.15) is 5.69 Å². The SMILES string of the molecule is CCc1nc(C(N)=O)cs1. The molecule has 2 N–H and O–H groups in total. The maximum absolute atomic E-state index is 10.5. The average Bonchev–Trinajstić information content (AvgIpc) is 2.34. The summed E-state index contributed by atoms with van der Waals surface area (Å²) in [5.41, 5.74) is 5.36. The molecule has 1 aromatic heterocycles. The van der Waals surface area contributed by atoms with Gasteiger partial charge in [-0.3, -0.25) is 4.79 Å². The Labute approximate surface area is 62.9 Å². The van der Waals surface area contributed by atoms with Crippen LogP contribution in [-0.2, 0) is 6.42 Å². The first-order valence-electron chi connectivity index (χ1n) is 2.98. The number of rotatable bonds is 2. The minimum absolute atomic E-state index is 0.377. The molecular formula is C6H8N2OS. The Hall–Kier alpha value is -0.900. The van der Waals surface area contributed by atoms with E-state index in [-0.39, 0.29) is 0 Å². The first kappa shape index (κ1) is 7.21. The first-order valence-corrected chi connectivity index (χ1v) is 3.86. The molecule has 4 heteroatoms. The van der Waals surface area contributed by atoms with Gasteiger partial charge in [0.25, 0.3) is 5.91 Å². The first-order chi connectivity index (χ1) is 4.74. The summed E-state index contributed by atoms with van der Waals surface area (Å²) in [4.78, 5) is 14.5. The van der Waals surface area contributed by atoms with Gasteiger partial charge in [0.05, 0.1) is 5.01 Å². The molecule has 0 aliphatic carbocycles. The van der Waals surface area contributed by atoms with E-state index in [1.807, 2.05) is 6.92 Å². The van der Waals surface area contributed by atoms with E-state index in [4.69, 9.17) is 5.73 Å². The molecule has 0 radical (unpaired) electrons. The van der Waals surface area contributed by atoms with Crippen molar-refractivity contribution in [1.82, 2.24) is 4.98 Å². The zero-order chi connectivity index (χ0) is 7.56. The minimum atomic E-state index is -0.448. The molecular weight excluding hydrogens is 148 g/mol. The zero-order valence-electron chi connectivity index (χ0n) is 5.63. The molecule has 0 aliphatic heterocycles. The topological polar surface area (TPSA) is 56.0 Å². The van der Waals surface area contributed by atoms with Gasteiger partial charge >= 0.3 is 0 Å². The van der Waals surface area contributed by atoms with Crippen LogP contribution in [0.15, 0.2) is 5.38 Å². The largest absolute Gasteiger partial charge is 0.364 e. The molecule has 0 saturated heterocycles. The standard InChI is InChI=1S/C6H8N2OS/c1-2-5-8-4(3-10-5)6(7)9/h3H,2H2,1H3,(H2,7,9). The molecule has 0 saturated carbocycles. The van der Waals surface area contributed by atoms with Gasteiger partial charge < -0.3 is 5.73 Å². The Bertz CT molecular complexity index is 244. The van der Waals surface area contributed by atoms with Crippen LogP contribution in [0.5, 0.6) is 0 Å². The van der Waals surface area contributed by atoms with E-state index in [0.29, 0.717) is 5.69 Å². The van der Waals surface area contributed by atoms with Crippen LogP contribution in [0.2, 0.25) is 0 Å². The van der Waals surface area contributed by atoms with Crippen molar-refractivity contribution in [2.45, 2.75) is 13.3 Å². The molecule has 0 unspecified atom stereocenters. The monoisotopic (exact) mass is 156 g/mol. The lowest BCUT2D eigenvalue weighted by atomic mass is 10.4. The molecule has 1 rings (SSSR count). The molecule has 10 heavy (non-hydrogen) atoms. The van der Waals surface area contributed by atoms with E-state index in [9.17, 15) is 4.79 Å². The van der Waals surface area contributed by atoms with Gasteiger partial charge in [-0.15, -0.1) is 11.3 Å². The van der Waals surface area contributed by atoms with Gasteiger partial charge in [-0.1, -0.05) is 6.92 Å². The number of aromatic nitrogens is 1. The fourth-order valence-corrected chi connectivity index (χ4v) is 1.32. The third kappa shape index (κ3) is 1.33. The van der Waals surface area contributed by atoms with Crippen molar-refractivity contribution in [1.29, 1.82) is 0 Å². The number of amides is 1. The Morgan fingerprint density at radius 3 is 2.90 bits per heavy atom. The highest BCUT2D eigenvalue weighted by Gasteiger charge is 2.03. The smallest absolute Gasteiger partial charge is 0.268 e. The average molecular weight is 156 g/mol. The van der Waals surface area contributed by atoms with Crippen molar-refractivity contribution in [3.05, 3.63) is 16.1 Å². The second kappa shape index (κ2) is 2.79. The number of hydrogen-bond donors (Lipinski definition) is 1. The maximum Gasteiger partial charge on any atom is 0.268 e. The molecule has 0 spiro atoms. The fourth-order valence-electron chi connectivity index (χ4n) is 0.586. The Kier molecular flexibility index (Phi) is 2.01. The number of carbonyl (C=O) groups is 1. The predicted molar refractivity (Wildman–Crippen MR) is 40.0 cm³/mol. The van der Waals surface area contributed by atoms with Crippen LogP contribution in [0.25, 0.3) is 0 Å². The van der Waals surface area contributed by atoms with Crippen LogP contribution in [0, 0.1) is 0 Å². The lowest BCUT2D eigenvalue weighted by Crippen LogP contribution is -2.11. The Balaban J connectivity index is 2.88. The van der Waals surface area contributed by atoms with Crippen molar-refractivity contribution in [3.63, 3.8) is 0 Å². The zero-order valence-corrected chi connectivity index (χ0v) is 6.44. The number of nitrogens with two attached hydrogens (primary N) is 1. The highest BCUT2D eigenvalue weighted by molar-refractivity contribution is 7.09. The molecule has 0 fully saturated rings. The molecule has 0 bridgehead atoms. The number of hydrogen-bond acceptors (Lipinski definition) is 3. The molecule has 3 nitrogen and oxygen atoms in total. The van der Waals surface area contributed by atoms with E-state index >= 15 is 0 Å². The summed E-state index contributed by atoms with van der Waals surface area (Å²) in [5.74, 6) is -0.448. The van der Waals surface area contributed by atoms with E-state index in [0.717, 1.165) is 11.4 Å². The molecule has 54 valence electrons. The molecule has 1 aromatic rings. The van der Waals surface area contributed by atoms with Gasteiger partial charge in [0, 0.05) is 5.38 Å². The summed E-state index contributed by atoms with van der Waals surface area (Å²) in [7, 11) is 0. The minimum Gasteiger partial charge on any atom is -0.364 e. The lowest BCUT2D eigenvalue weighted by Gasteiger charge is -1.83. The van der Waals surface area contributed by atoms with Crippen molar-refractivity contribution in [2.75, 3.05) is 0 Å². The summed E-state index contributed by atoms with van der Waals surface area (Å²) in [6, 6.07) is 0. The summed E-state index contributed by atoms with van der Waals surface area (Å²) >= 11 is 1.47. The fraction of sp³-hybridized carbons (Fsp3) is 0.333. The van der Waals surface area contributed by atoms with Gasteiger partial charge in [0.2, 0.25) is 0 Å². The van der Waals surface area contributed by atoms with Crippen LogP contribution in [0.3, 0.4) is 0 Å². The van der Waals surface area contributed by atoms with Gasteiger partial charge in [-0.05, 0) is 6.42 Å². The molecule has 0 atom stereocenters. The molecule has 0 aliphatic rings. The van der Waals surface area contributed by atoms with E-state index in [1.165, 1.54) is 11.3 Å². The third-order valence-corrected chi connectivity index (χ3v) is 2.10. The quantitative estimate of drug-likeness (QED) is 0.688. The summed E-state index contributed by atoms with van der Waals surface area (Å²) in [6.07, 6.45) is 0.859. The van der Waals surface area contributed by atoms with Crippen LogP contribution in [-0.4, -0.2) is 10.9 Å². The molecule has 1 amide bonds. The van der Waals surface area contributed by atoms with Crippen LogP contribution < -0.4 is 5.73 Å². The second-order valence-electron chi connectivity index (χ2n) is 1.84. The third-order valence-electron chi connectivity index (χ3n) is 1.11. The number of nitrogens with zero attached hydrogens (tertiary/aromatic N) is 1. The van der Waals surface area contributed by atoms with Gasteiger partial charge in [-0.2, -0.15) is 0 Å². The van der Waals surface area contributed by atoms with Gasteiger partial charge in [-0.25, -0.2) is 4.98 Å². The van der Waals surface area contributed by atoms with Crippen LogP contribution in [0.1, 0.15) is 22.4 Å². The van der Waals surface area contributed by atoms with E-state index in [1.54, 1.807) is 5.38 Å². The number of carbonyl (C=O) groups excluding carboxylic acids is 1. The maximum atomic E-state index is 10.5. The Morgan fingerprint density at radius 2 is 2.60 bits per heavy atom. The summed E-state index contributed by atoms with van der Waals surface area (Å²) < 4.78 is 0. The lowest BCUT2D eigenvalue weighted by molar-refractivity contribution is 0.0996. The number of primary amides is 1. The van der Waals surface area contributed by atoms with E-state index in [2.05, 4.69) is 4.98 Å². The second-order valence-corrected chi connectivity index (χ2v) is 2.79. The normalized spacial score (nSPS) is 9.70. The van der Waals surface area contributed by atoms with Crippen molar-refractivity contribution in [3.8, 4) is 0 Å². The molecule has 1 heterocycles. The molecule has 0 aromatic carbocycles. The summed E-state index contributed by atoms with van der Waals surface area (Å²) in [6.45, 7) is 1.99. The highest BCUT2D eigenvalue weighted by Crippen LogP contribution is 2.08. The van der Waals surface area contributed by atoms with E-state index < -0.39 is 5.91 Å². The predicted octanol–water partition coefficient (Wildman–Crippen LogP) is 0.804.